The number of aromatic nitrogens is 3. The van der Waals surface area contributed by atoms with Gasteiger partial charge in [0.05, 0.1) is 30.7 Å². The van der Waals surface area contributed by atoms with E-state index in [1.165, 1.54) is 11.1 Å². The fraction of sp³-hybridized carbons (Fsp3) is 0.478. The summed E-state index contributed by atoms with van der Waals surface area (Å²) in [4.78, 5) is 9.05. The maximum atomic E-state index is 11.1. The van der Waals surface area contributed by atoms with Crippen LogP contribution in [0.5, 0.6) is 0 Å². The van der Waals surface area contributed by atoms with Gasteiger partial charge in [0.15, 0.2) is 0 Å². The number of nitrogens with one attached hydrogen (secondary N) is 1. The van der Waals surface area contributed by atoms with Crippen LogP contribution in [0, 0.1) is 11.8 Å². The van der Waals surface area contributed by atoms with Crippen molar-refractivity contribution in [2.75, 3.05) is 25.6 Å². The normalized spacial score (nSPS) is 26.7. The van der Waals surface area contributed by atoms with Crippen LogP contribution in [0.15, 0.2) is 42.9 Å². The molecule has 1 fully saturated rings. The molecule has 3 aromatic rings. The van der Waals surface area contributed by atoms with Crippen LogP contribution in [0.1, 0.15) is 36.1 Å². The zero-order valence-corrected chi connectivity index (χ0v) is 19.7. The molecule has 2 aliphatic rings. The van der Waals surface area contributed by atoms with Crippen LogP contribution in [-0.2, 0) is 25.6 Å². The molecule has 10 nitrogen and oxygen atoms in total. The molecule has 0 saturated heterocycles. The molecule has 0 spiro atoms. The summed E-state index contributed by atoms with van der Waals surface area (Å²) in [6.45, 7) is 0.503. The van der Waals surface area contributed by atoms with Gasteiger partial charge in [-0.05, 0) is 36.5 Å². The van der Waals surface area contributed by atoms with E-state index < -0.39 is 16.4 Å². The molecule has 0 amide bonds. The second-order valence-corrected chi connectivity index (χ2v) is 10.4. The number of fused-ring (bicyclic) bond motifs is 2. The number of ether oxygens (including phenoxy) is 1. The number of rotatable bonds is 8. The quantitative estimate of drug-likeness (QED) is 0.438. The molecule has 0 unspecified atom stereocenters. The lowest BCUT2D eigenvalue weighted by Gasteiger charge is -2.22. The number of aliphatic hydroxyl groups excluding tert-OH is 1. The molecule has 4 N–H and O–H groups in total. The number of nitrogens with two attached hydrogens (primary N) is 1. The number of hydrogen-bond donors (Lipinski definition) is 3. The van der Waals surface area contributed by atoms with Crippen LogP contribution in [-0.4, -0.2) is 54.5 Å². The molecule has 34 heavy (non-hydrogen) atoms. The third kappa shape index (κ3) is 4.53. The lowest BCUT2D eigenvalue weighted by atomic mass is 10.0. The van der Waals surface area contributed by atoms with E-state index in [9.17, 15) is 13.5 Å². The highest BCUT2D eigenvalue weighted by Crippen LogP contribution is 2.41. The highest BCUT2D eigenvalue weighted by atomic mass is 32.2. The van der Waals surface area contributed by atoms with E-state index in [0.29, 0.717) is 25.4 Å². The molecule has 5 atom stereocenters. The van der Waals surface area contributed by atoms with Gasteiger partial charge < -0.3 is 19.7 Å². The van der Waals surface area contributed by atoms with Crippen molar-refractivity contribution < 1.29 is 22.4 Å². The number of benzene rings is 1. The van der Waals surface area contributed by atoms with Crippen LogP contribution in [0.4, 0.5) is 5.82 Å². The van der Waals surface area contributed by atoms with Crippen LogP contribution in [0.2, 0.25) is 0 Å². The number of hydrogen-bond acceptors (Lipinski definition) is 8. The van der Waals surface area contributed by atoms with Gasteiger partial charge in [0, 0.05) is 31.2 Å². The van der Waals surface area contributed by atoms with E-state index in [2.05, 4.69) is 39.6 Å². The van der Waals surface area contributed by atoms with Gasteiger partial charge in [0.1, 0.15) is 17.8 Å². The van der Waals surface area contributed by atoms with Gasteiger partial charge in [-0.1, -0.05) is 24.3 Å². The van der Waals surface area contributed by atoms with Gasteiger partial charge >= 0.3 is 10.3 Å². The first-order valence-electron chi connectivity index (χ1n) is 11.3. The maximum Gasteiger partial charge on any atom is 0.333 e. The van der Waals surface area contributed by atoms with Crippen molar-refractivity contribution in [3.05, 3.63) is 54.0 Å². The predicted octanol–water partition coefficient (Wildman–Crippen LogP) is 1.94. The highest BCUT2D eigenvalue weighted by molar-refractivity contribution is 7.84. The molecule has 0 radical (unpaired) electrons. The molecule has 182 valence electrons. The van der Waals surface area contributed by atoms with E-state index in [1.807, 2.05) is 16.8 Å². The smallest absolute Gasteiger partial charge is 0.333 e. The third-order valence-corrected chi connectivity index (χ3v) is 7.46. The number of aliphatic hydroxyl groups is 1. The third-order valence-electron chi connectivity index (χ3n) is 7.00. The molecule has 2 aliphatic carbocycles. The average Bonchev–Trinajstić information content (AvgIpc) is 3.48. The fourth-order valence-electron chi connectivity index (χ4n) is 5.43. The molecule has 2 heterocycles. The van der Waals surface area contributed by atoms with Crippen molar-refractivity contribution in [1.82, 2.24) is 14.5 Å². The summed E-state index contributed by atoms with van der Waals surface area (Å²) >= 11 is 0. The van der Waals surface area contributed by atoms with Crippen molar-refractivity contribution >= 4 is 27.2 Å². The zero-order valence-electron chi connectivity index (χ0n) is 18.9. The van der Waals surface area contributed by atoms with Crippen LogP contribution in [0.3, 0.4) is 0 Å². The Kier molecular flexibility index (Phi) is 6.30. The van der Waals surface area contributed by atoms with E-state index in [0.717, 1.165) is 23.3 Å². The Hall–Kier alpha value is -2.57. The van der Waals surface area contributed by atoms with Crippen LogP contribution >= 0.6 is 0 Å². The average molecular weight is 488 g/mol. The predicted molar refractivity (Wildman–Crippen MR) is 126 cm³/mol. The summed E-state index contributed by atoms with van der Waals surface area (Å²) < 4.78 is 34.5. The van der Waals surface area contributed by atoms with Crippen molar-refractivity contribution in [3.8, 4) is 0 Å². The summed E-state index contributed by atoms with van der Waals surface area (Å²) in [7, 11) is -2.32. The first kappa shape index (κ1) is 23.2. The Morgan fingerprint density at radius 1 is 1.18 bits per heavy atom. The van der Waals surface area contributed by atoms with Crippen molar-refractivity contribution in [1.29, 1.82) is 0 Å². The van der Waals surface area contributed by atoms with E-state index in [-0.39, 0.29) is 24.6 Å². The SMILES string of the molecule is COC[C@@H]1Cc2ccccc2[C@@H]1Nc1ncnc2c1ccn2[C@@H]1C[C@@H](COS(N)(=O)=O)[C@@H](O)C1. The molecule has 1 saturated carbocycles. The van der Waals surface area contributed by atoms with Crippen molar-refractivity contribution in [2.45, 2.75) is 37.5 Å². The van der Waals surface area contributed by atoms with Gasteiger partial charge in [-0.2, -0.15) is 8.42 Å². The molecule has 11 heteroatoms. The molecule has 0 aliphatic heterocycles. The Balaban J connectivity index is 1.39. The Morgan fingerprint density at radius 3 is 2.79 bits per heavy atom. The molecule has 1 aromatic carbocycles. The van der Waals surface area contributed by atoms with E-state index in [4.69, 9.17) is 14.1 Å². The summed E-state index contributed by atoms with van der Waals surface area (Å²) in [5, 5.41) is 19.9. The largest absolute Gasteiger partial charge is 0.393 e. The van der Waals surface area contributed by atoms with Crippen LogP contribution in [0.25, 0.3) is 11.0 Å². The van der Waals surface area contributed by atoms with Crippen LogP contribution < -0.4 is 10.5 Å². The standard InChI is InChI=1S/C23H29N5O5S/c1-32-11-16-8-14-4-2-3-5-18(14)21(16)27-22-19-6-7-28(23(19)26-13-25-22)17-9-15(20(29)10-17)12-33-34(24,30)31/h2-7,13,15-17,20-21,29H,8-12H2,1H3,(H2,24,30,31)(H,25,26,27)/t15-,16-,17+,20-,21+/m0/s1. The summed E-state index contributed by atoms with van der Waals surface area (Å²) in [6, 6.07) is 10.4. The van der Waals surface area contributed by atoms with E-state index in [1.54, 1.807) is 13.4 Å². The minimum atomic E-state index is -4.04. The fourth-order valence-corrected chi connectivity index (χ4v) is 5.80. The Bertz CT molecular complexity index is 1280. The van der Waals surface area contributed by atoms with Gasteiger partial charge in [-0.15, -0.1) is 0 Å². The number of methoxy groups -OCH3 is 1. The topological polar surface area (TPSA) is 142 Å². The Morgan fingerprint density at radius 2 is 2.00 bits per heavy atom. The minimum Gasteiger partial charge on any atom is -0.393 e. The lowest BCUT2D eigenvalue weighted by molar-refractivity contribution is 0.100. The van der Waals surface area contributed by atoms with Crippen molar-refractivity contribution in [2.24, 2.45) is 17.0 Å². The summed E-state index contributed by atoms with van der Waals surface area (Å²) in [5.74, 6) is 0.711. The maximum absolute atomic E-state index is 11.1. The number of anilines is 1. The number of nitrogens with zero attached hydrogens (tertiary/aromatic N) is 3. The van der Waals surface area contributed by atoms with E-state index >= 15 is 0 Å². The zero-order chi connectivity index (χ0) is 23.9. The van der Waals surface area contributed by atoms with Gasteiger partial charge in [0.2, 0.25) is 0 Å². The second-order valence-electron chi connectivity index (χ2n) is 9.15. The van der Waals surface area contributed by atoms with Crippen molar-refractivity contribution in [3.63, 3.8) is 0 Å². The second kappa shape index (κ2) is 9.23. The summed E-state index contributed by atoms with van der Waals surface area (Å²) in [6.07, 6.45) is 4.77. The molecular weight excluding hydrogens is 458 g/mol. The molecule has 2 aromatic heterocycles. The molecule has 0 bridgehead atoms. The van der Waals surface area contributed by atoms with Gasteiger partial charge in [0.25, 0.3) is 0 Å². The minimum absolute atomic E-state index is 0.0437. The molecular formula is C23H29N5O5S. The first-order valence-corrected chi connectivity index (χ1v) is 12.8. The monoisotopic (exact) mass is 487 g/mol. The van der Waals surface area contributed by atoms with Gasteiger partial charge in [-0.3, -0.25) is 4.18 Å². The first-order chi connectivity index (χ1) is 16.3. The molecule has 5 rings (SSSR count). The van der Waals surface area contributed by atoms with Gasteiger partial charge in [-0.25, -0.2) is 15.1 Å². The highest BCUT2D eigenvalue weighted by Gasteiger charge is 2.36. The Labute approximate surface area is 198 Å². The summed E-state index contributed by atoms with van der Waals surface area (Å²) in [5.41, 5.74) is 3.34. The lowest BCUT2D eigenvalue weighted by Crippen LogP contribution is -2.24.